The summed E-state index contributed by atoms with van der Waals surface area (Å²) in [7, 11) is 0. The van der Waals surface area contributed by atoms with E-state index in [1.807, 2.05) is 85.1 Å². The van der Waals surface area contributed by atoms with Crippen LogP contribution in [0.1, 0.15) is 207 Å². The Morgan fingerprint density at radius 2 is 0.636 bits per heavy atom. The van der Waals surface area contributed by atoms with Gasteiger partial charge in [-0.3, -0.25) is 14.4 Å². The molecule has 0 aliphatic carbocycles. The number of carbonyl (C=O) groups is 3. The molecule has 0 heterocycles. The van der Waals surface area contributed by atoms with Gasteiger partial charge in [-0.25, -0.2) is 0 Å². The Hall–Kier alpha value is -4.45. The van der Waals surface area contributed by atoms with E-state index in [9.17, 15) is 14.4 Å². The van der Waals surface area contributed by atoms with Crippen LogP contribution in [0.3, 0.4) is 0 Å². The van der Waals surface area contributed by atoms with E-state index in [1.165, 1.54) is 70.6 Å². The maximum absolute atomic E-state index is 12.8. The van der Waals surface area contributed by atoms with Crippen LogP contribution in [0.2, 0.25) is 0 Å². The second-order valence-corrected chi connectivity index (χ2v) is 16.9. The summed E-state index contributed by atoms with van der Waals surface area (Å²) in [6.45, 7) is 6.31. The van der Waals surface area contributed by atoms with Gasteiger partial charge in [0.15, 0.2) is 6.10 Å². The van der Waals surface area contributed by atoms with Crippen molar-refractivity contribution in [3.05, 3.63) is 134 Å². The summed E-state index contributed by atoms with van der Waals surface area (Å²) < 4.78 is 16.8. The first-order valence-corrected chi connectivity index (χ1v) is 26.3. The van der Waals surface area contributed by atoms with E-state index in [4.69, 9.17) is 14.2 Å². The van der Waals surface area contributed by atoms with E-state index in [-0.39, 0.29) is 37.5 Å². The predicted octanol–water partition coefficient (Wildman–Crippen LogP) is 17.5. The van der Waals surface area contributed by atoms with Gasteiger partial charge in [0.1, 0.15) is 13.2 Å². The summed E-state index contributed by atoms with van der Waals surface area (Å²) in [5.41, 5.74) is 0. The minimum atomic E-state index is -0.818. The van der Waals surface area contributed by atoms with Crippen LogP contribution in [0.4, 0.5) is 0 Å². The van der Waals surface area contributed by atoms with Crippen molar-refractivity contribution in [1.29, 1.82) is 0 Å². The molecule has 0 aliphatic heterocycles. The van der Waals surface area contributed by atoms with E-state index >= 15 is 0 Å². The third kappa shape index (κ3) is 50.5. The largest absolute Gasteiger partial charge is 0.462 e. The van der Waals surface area contributed by atoms with Gasteiger partial charge in [-0.05, 0) is 83.5 Å². The molecule has 6 heteroatoms. The lowest BCUT2D eigenvalue weighted by atomic mass is 10.1. The number of hydrogen-bond acceptors (Lipinski definition) is 6. The molecule has 0 saturated heterocycles. The zero-order chi connectivity index (χ0) is 47.9. The SMILES string of the molecule is CC\C=C/C=C\C=C/C=C\C=C/CCCCCC(=O)OC(COC(=O)CCCCCCC\C=C/C=C\C=C/C=C\C=C/CCC)COC(=O)CCCCCCCCC/C=C\CCCCCC. The molecule has 0 N–H and O–H groups in total. The summed E-state index contributed by atoms with van der Waals surface area (Å²) in [5.74, 6) is -0.992. The molecular weight excluding hydrogens is 817 g/mol. The first kappa shape index (κ1) is 61.5. The minimum Gasteiger partial charge on any atom is -0.462 e. The smallest absolute Gasteiger partial charge is 0.306 e. The molecule has 0 amide bonds. The monoisotopic (exact) mass is 911 g/mol. The Labute approximate surface area is 405 Å². The maximum atomic E-state index is 12.8. The molecular formula is C60H94O6. The van der Waals surface area contributed by atoms with Crippen LogP contribution in [0.15, 0.2) is 134 Å². The van der Waals surface area contributed by atoms with Crippen molar-refractivity contribution in [2.45, 2.75) is 213 Å². The van der Waals surface area contributed by atoms with E-state index in [0.29, 0.717) is 19.3 Å². The van der Waals surface area contributed by atoms with Crippen molar-refractivity contribution >= 4 is 17.9 Å². The molecule has 1 unspecified atom stereocenters. The van der Waals surface area contributed by atoms with Crippen LogP contribution >= 0.6 is 0 Å². The van der Waals surface area contributed by atoms with Gasteiger partial charge in [0.2, 0.25) is 0 Å². The van der Waals surface area contributed by atoms with Crippen molar-refractivity contribution in [1.82, 2.24) is 0 Å². The molecule has 370 valence electrons. The summed E-state index contributed by atoms with van der Waals surface area (Å²) >= 11 is 0. The lowest BCUT2D eigenvalue weighted by Gasteiger charge is -2.18. The highest BCUT2D eigenvalue weighted by Gasteiger charge is 2.19. The fourth-order valence-corrected chi connectivity index (χ4v) is 6.66. The van der Waals surface area contributed by atoms with Gasteiger partial charge in [-0.15, -0.1) is 0 Å². The molecule has 0 aromatic carbocycles. The van der Waals surface area contributed by atoms with Crippen LogP contribution in [0.5, 0.6) is 0 Å². The molecule has 0 bridgehead atoms. The van der Waals surface area contributed by atoms with Crippen LogP contribution in [0, 0.1) is 0 Å². The first-order valence-electron chi connectivity index (χ1n) is 26.3. The average Bonchev–Trinajstić information content (AvgIpc) is 3.31. The lowest BCUT2D eigenvalue weighted by molar-refractivity contribution is -0.167. The molecule has 66 heavy (non-hydrogen) atoms. The van der Waals surface area contributed by atoms with Crippen molar-refractivity contribution < 1.29 is 28.6 Å². The van der Waals surface area contributed by atoms with Gasteiger partial charge in [0.25, 0.3) is 0 Å². The van der Waals surface area contributed by atoms with Gasteiger partial charge in [0.05, 0.1) is 0 Å². The summed E-state index contributed by atoms with van der Waals surface area (Å²) in [4.78, 5) is 38.0. The zero-order valence-corrected chi connectivity index (χ0v) is 42.1. The van der Waals surface area contributed by atoms with E-state index in [0.717, 1.165) is 89.9 Å². The Kier molecular flexibility index (Phi) is 49.6. The maximum Gasteiger partial charge on any atom is 0.306 e. The molecule has 6 nitrogen and oxygen atoms in total. The number of rotatable bonds is 45. The predicted molar refractivity (Wildman–Crippen MR) is 283 cm³/mol. The quantitative estimate of drug-likeness (QED) is 0.0199. The number of unbranched alkanes of at least 4 members (excludes halogenated alkanes) is 20. The van der Waals surface area contributed by atoms with Crippen LogP contribution in [-0.2, 0) is 28.6 Å². The zero-order valence-electron chi connectivity index (χ0n) is 42.1. The third-order valence-corrected chi connectivity index (χ3v) is 10.6. The van der Waals surface area contributed by atoms with E-state index in [1.54, 1.807) is 0 Å². The van der Waals surface area contributed by atoms with Gasteiger partial charge >= 0.3 is 17.9 Å². The Morgan fingerprint density at radius 1 is 0.318 bits per heavy atom. The van der Waals surface area contributed by atoms with Crippen LogP contribution in [-0.4, -0.2) is 37.2 Å². The first-order chi connectivity index (χ1) is 32.5. The van der Waals surface area contributed by atoms with Gasteiger partial charge in [0, 0.05) is 19.3 Å². The molecule has 0 spiro atoms. The van der Waals surface area contributed by atoms with Crippen molar-refractivity contribution in [3.63, 3.8) is 0 Å². The molecule has 0 fully saturated rings. The number of carbonyl (C=O) groups excluding carboxylic acids is 3. The number of ether oxygens (including phenoxy) is 3. The molecule has 0 radical (unpaired) electrons. The fraction of sp³-hybridized carbons (Fsp3) is 0.583. The Morgan fingerprint density at radius 3 is 1.05 bits per heavy atom. The summed E-state index contributed by atoms with van der Waals surface area (Å²) in [5, 5.41) is 0. The van der Waals surface area contributed by atoms with Crippen LogP contribution < -0.4 is 0 Å². The lowest BCUT2D eigenvalue weighted by Crippen LogP contribution is -2.30. The van der Waals surface area contributed by atoms with Gasteiger partial charge in [-0.2, -0.15) is 0 Å². The van der Waals surface area contributed by atoms with E-state index in [2.05, 4.69) is 69.4 Å². The molecule has 0 aliphatic rings. The molecule has 0 aromatic heterocycles. The third-order valence-electron chi connectivity index (χ3n) is 10.6. The van der Waals surface area contributed by atoms with Crippen molar-refractivity contribution in [2.75, 3.05) is 13.2 Å². The fourth-order valence-electron chi connectivity index (χ4n) is 6.66. The average molecular weight is 911 g/mol. The second-order valence-electron chi connectivity index (χ2n) is 16.9. The topological polar surface area (TPSA) is 78.9 Å². The Bertz CT molecular complexity index is 1460. The summed E-state index contributed by atoms with van der Waals surface area (Å²) in [6, 6.07) is 0. The molecule has 0 saturated carbocycles. The van der Waals surface area contributed by atoms with Crippen LogP contribution in [0.25, 0.3) is 0 Å². The standard InChI is InChI=1S/C60H94O6/c1-4-7-10-13-16-19-22-25-28-29-30-33-35-38-41-44-47-50-53-59(62)65-56-57(66-60(63)54-51-48-45-42-39-36-32-27-24-21-18-15-12-9-6-3)55-64-58(61)52-49-46-43-40-37-34-31-26-23-20-17-14-11-8-5-2/h9-10,12-13,15-16,18-25,27-30,32-33,36,39,57H,4-8,11,14,17,26,31,34-35,37-38,40-56H2,1-3H3/b12-9-,13-10-,18-15-,19-16-,23-20-,24-21-,25-22-,29-28-,32-27-,33-30-,39-36-. The minimum absolute atomic E-state index is 0.111. The molecule has 1 atom stereocenters. The second kappa shape index (κ2) is 53.2. The highest BCUT2D eigenvalue weighted by atomic mass is 16.6. The van der Waals surface area contributed by atoms with Crippen molar-refractivity contribution in [2.24, 2.45) is 0 Å². The number of allylic oxidation sites excluding steroid dienone is 22. The highest BCUT2D eigenvalue weighted by molar-refractivity contribution is 5.71. The number of hydrogen-bond donors (Lipinski definition) is 0. The highest BCUT2D eigenvalue weighted by Crippen LogP contribution is 2.13. The van der Waals surface area contributed by atoms with E-state index < -0.39 is 6.10 Å². The normalized spacial score (nSPS) is 13.2. The van der Waals surface area contributed by atoms with Crippen molar-refractivity contribution in [3.8, 4) is 0 Å². The summed E-state index contributed by atoms with van der Waals surface area (Å²) in [6.07, 6.45) is 74.2. The van der Waals surface area contributed by atoms with Gasteiger partial charge in [-0.1, -0.05) is 238 Å². The Balaban J connectivity index is 4.55. The van der Waals surface area contributed by atoms with Gasteiger partial charge < -0.3 is 14.2 Å². The number of esters is 3. The molecule has 0 rings (SSSR count). The molecule has 0 aromatic rings.